The summed E-state index contributed by atoms with van der Waals surface area (Å²) in [5, 5.41) is 12.9. The Labute approximate surface area is 148 Å². The Morgan fingerprint density at radius 2 is 1.92 bits per heavy atom. The number of anilines is 1. The summed E-state index contributed by atoms with van der Waals surface area (Å²) in [4.78, 5) is 13.4. The zero-order chi connectivity index (χ0) is 18.1. The molecule has 0 unspecified atom stereocenters. The van der Waals surface area contributed by atoms with E-state index in [0.717, 1.165) is 10.4 Å². The maximum Gasteiger partial charge on any atom is 0.259 e. The minimum atomic E-state index is -0.338. The molecule has 0 bridgehead atoms. The Hall–Kier alpha value is -2.91. The van der Waals surface area contributed by atoms with Crippen LogP contribution >= 0.6 is 11.3 Å². The molecule has 0 atom stereocenters. The van der Waals surface area contributed by atoms with E-state index in [2.05, 4.69) is 11.4 Å². The molecule has 2 heterocycles. The predicted octanol–water partition coefficient (Wildman–Crippen LogP) is 5.20. The number of rotatable bonds is 3. The number of hydrogen-bond acceptors (Lipinski definition) is 4. The highest BCUT2D eigenvalue weighted by atomic mass is 32.1. The summed E-state index contributed by atoms with van der Waals surface area (Å²) in [6.45, 7) is 5.36. The molecule has 0 saturated heterocycles. The van der Waals surface area contributed by atoms with Gasteiger partial charge in [0.15, 0.2) is 0 Å². The van der Waals surface area contributed by atoms with Crippen molar-refractivity contribution in [2.75, 3.05) is 5.32 Å². The van der Waals surface area contributed by atoms with E-state index in [9.17, 15) is 14.4 Å². The molecule has 126 valence electrons. The fourth-order valence-electron chi connectivity index (χ4n) is 2.73. The van der Waals surface area contributed by atoms with Crippen LogP contribution in [0.25, 0.3) is 11.1 Å². The number of nitriles is 1. The van der Waals surface area contributed by atoms with Gasteiger partial charge in [-0.15, -0.1) is 11.3 Å². The Morgan fingerprint density at radius 3 is 2.48 bits per heavy atom. The van der Waals surface area contributed by atoms with Gasteiger partial charge in [0.05, 0.1) is 11.1 Å². The van der Waals surface area contributed by atoms with Crippen molar-refractivity contribution in [1.29, 1.82) is 5.26 Å². The number of amides is 1. The molecule has 0 radical (unpaired) electrons. The van der Waals surface area contributed by atoms with Crippen LogP contribution in [-0.4, -0.2) is 5.91 Å². The number of halogens is 1. The Kier molecular flexibility index (Phi) is 4.43. The number of nitrogens with zero attached hydrogens (tertiary/aromatic N) is 1. The van der Waals surface area contributed by atoms with Crippen molar-refractivity contribution < 1.29 is 13.6 Å². The van der Waals surface area contributed by atoms with Crippen LogP contribution < -0.4 is 5.32 Å². The summed E-state index contributed by atoms with van der Waals surface area (Å²) < 4.78 is 18.5. The predicted molar refractivity (Wildman–Crippen MR) is 95.3 cm³/mol. The number of nitrogens with one attached hydrogen (secondary N) is 1. The van der Waals surface area contributed by atoms with Gasteiger partial charge in [-0.3, -0.25) is 4.79 Å². The smallest absolute Gasteiger partial charge is 0.259 e. The Bertz CT molecular complexity index is 994. The largest absolute Gasteiger partial charge is 0.466 e. The number of thiophene rings is 1. The number of furan rings is 1. The molecule has 0 aliphatic carbocycles. The number of carbonyl (C=O) groups is 1. The lowest BCUT2D eigenvalue weighted by Crippen LogP contribution is -2.11. The lowest BCUT2D eigenvalue weighted by atomic mass is 10.0. The van der Waals surface area contributed by atoms with Crippen molar-refractivity contribution in [2.24, 2.45) is 0 Å². The van der Waals surface area contributed by atoms with Crippen LogP contribution in [0.2, 0.25) is 0 Å². The molecule has 0 fully saturated rings. The van der Waals surface area contributed by atoms with Gasteiger partial charge in [0.25, 0.3) is 5.91 Å². The number of hydrogen-bond donors (Lipinski definition) is 1. The third-order valence-corrected chi connectivity index (χ3v) is 4.86. The standard InChI is InChI=1S/C19H15FN2O2S/c1-10-8-15(11(2)24-10)18(23)22-19-16(9-21)17(12(3)25-19)13-4-6-14(20)7-5-13/h4-8H,1-3H3,(H,22,23). The SMILES string of the molecule is Cc1cc(C(=O)Nc2sc(C)c(-c3ccc(F)cc3)c2C#N)c(C)o1. The van der Waals surface area contributed by atoms with Crippen LogP contribution in [0.4, 0.5) is 9.39 Å². The van der Waals surface area contributed by atoms with Gasteiger partial charge in [-0.2, -0.15) is 5.26 Å². The van der Waals surface area contributed by atoms with Gasteiger partial charge in [-0.05, 0) is 44.5 Å². The second-order valence-corrected chi connectivity index (χ2v) is 6.86. The summed E-state index contributed by atoms with van der Waals surface area (Å²) in [6, 6.07) is 9.77. The Morgan fingerprint density at radius 1 is 1.24 bits per heavy atom. The van der Waals surface area contributed by atoms with Crippen molar-refractivity contribution in [1.82, 2.24) is 0 Å². The Balaban J connectivity index is 1.99. The van der Waals surface area contributed by atoms with Crippen molar-refractivity contribution >= 4 is 22.2 Å². The fraction of sp³-hybridized carbons (Fsp3) is 0.158. The second-order valence-electron chi connectivity index (χ2n) is 5.64. The monoisotopic (exact) mass is 354 g/mol. The minimum absolute atomic E-state index is 0.322. The van der Waals surface area contributed by atoms with E-state index in [1.165, 1.54) is 23.5 Å². The first-order valence-corrected chi connectivity index (χ1v) is 8.40. The van der Waals surface area contributed by atoms with Gasteiger partial charge in [-0.1, -0.05) is 12.1 Å². The van der Waals surface area contributed by atoms with Gasteiger partial charge in [0.2, 0.25) is 0 Å². The lowest BCUT2D eigenvalue weighted by molar-refractivity contribution is 0.102. The zero-order valence-electron chi connectivity index (χ0n) is 13.9. The van der Waals surface area contributed by atoms with Crippen LogP contribution in [0.3, 0.4) is 0 Å². The summed E-state index contributed by atoms with van der Waals surface area (Å²) in [7, 11) is 0. The van der Waals surface area contributed by atoms with Gasteiger partial charge in [0.1, 0.15) is 28.4 Å². The van der Waals surface area contributed by atoms with E-state index in [-0.39, 0.29) is 11.7 Å². The van der Waals surface area contributed by atoms with Crippen LogP contribution in [-0.2, 0) is 0 Å². The topological polar surface area (TPSA) is 66.0 Å². The molecule has 2 aromatic heterocycles. The van der Waals surface area contributed by atoms with E-state index < -0.39 is 0 Å². The van der Waals surface area contributed by atoms with E-state index in [1.54, 1.807) is 32.0 Å². The minimum Gasteiger partial charge on any atom is -0.466 e. The maximum absolute atomic E-state index is 13.2. The molecule has 0 aliphatic heterocycles. The molecule has 1 N–H and O–H groups in total. The third-order valence-electron chi connectivity index (χ3n) is 3.84. The molecule has 1 aromatic carbocycles. The molecular formula is C19H15FN2O2S. The second kappa shape index (κ2) is 6.54. The third kappa shape index (κ3) is 3.19. The first-order chi connectivity index (χ1) is 11.9. The molecule has 25 heavy (non-hydrogen) atoms. The van der Waals surface area contributed by atoms with Gasteiger partial charge >= 0.3 is 0 Å². The summed E-state index contributed by atoms with van der Waals surface area (Å²) >= 11 is 1.32. The van der Waals surface area contributed by atoms with Crippen molar-refractivity contribution in [3.63, 3.8) is 0 Å². The number of carbonyl (C=O) groups excluding carboxylic acids is 1. The van der Waals surface area contributed by atoms with E-state index in [4.69, 9.17) is 4.42 Å². The van der Waals surface area contributed by atoms with Crippen LogP contribution in [0.5, 0.6) is 0 Å². The highest BCUT2D eigenvalue weighted by molar-refractivity contribution is 7.17. The molecular weight excluding hydrogens is 339 g/mol. The van der Waals surface area contributed by atoms with E-state index >= 15 is 0 Å². The van der Waals surface area contributed by atoms with E-state index in [0.29, 0.717) is 33.2 Å². The average molecular weight is 354 g/mol. The number of benzene rings is 1. The zero-order valence-corrected chi connectivity index (χ0v) is 14.8. The summed E-state index contributed by atoms with van der Waals surface area (Å²) in [5.74, 6) is 0.519. The first-order valence-electron chi connectivity index (χ1n) is 7.58. The summed E-state index contributed by atoms with van der Waals surface area (Å²) in [5.41, 5.74) is 2.27. The van der Waals surface area contributed by atoms with Gasteiger partial charge < -0.3 is 9.73 Å². The van der Waals surface area contributed by atoms with E-state index in [1.807, 2.05) is 6.92 Å². The summed E-state index contributed by atoms with van der Waals surface area (Å²) in [6.07, 6.45) is 0. The van der Waals surface area contributed by atoms with Crippen molar-refractivity contribution in [3.05, 3.63) is 63.7 Å². The average Bonchev–Trinajstić information content (AvgIpc) is 3.06. The van der Waals surface area contributed by atoms with Crippen molar-refractivity contribution in [2.45, 2.75) is 20.8 Å². The molecule has 0 spiro atoms. The molecule has 4 nitrogen and oxygen atoms in total. The van der Waals surface area contributed by atoms with Gasteiger partial charge in [-0.25, -0.2) is 4.39 Å². The highest BCUT2D eigenvalue weighted by Gasteiger charge is 2.21. The fourth-order valence-corrected chi connectivity index (χ4v) is 3.75. The maximum atomic E-state index is 13.2. The first kappa shape index (κ1) is 16.9. The van der Waals surface area contributed by atoms with Crippen LogP contribution in [0.15, 0.2) is 34.7 Å². The van der Waals surface area contributed by atoms with Crippen LogP contribution in [0.1, 0.15) is 32.3 Å². The molecule has 0 saturated carbocycles. The number of aryl methyl sites for hydroxylation is 3. The normalized spacial score (nSPS) is 10.5. The molecule has 0 aliphatic rings. The lowest BCUT2D eigenvalue weighted by Gasteiger charge is -2.04. The molecule has 1 amide bonds. The molecule has 3 aromatic rings. The van der Waals surface area contributed by atoms with Crippen molar-refractivity contribution in [3.8, 4) is 17.2 Å². The quantitative estimate of drug-likeness (QED) is 0.703. The van der Waals surface area contributed by atoms with Gasteiger partial charge in [0, 0.05) is 10.4 Å². The molecule has 3 rings (SSSR count). The highest BCUT2D eigenvalue weighted by Crippen LogP contribution is 2.39. The van der Waals surface area contributed by atoms with Crippen LogP contribution in [0, 0.1) is 37.9 Å². The molecule has 6 heteroatoms.